The van der Waals surface area contributed by atoms with Gasteiger partial charge in [0.2, 0.25) is 0 Å². The molecule has 9 nitrogen and oxygen atoms in total. The van der Waals surface area contributed by atoms with Crippen LogP contribution in [0.15, 0.2) is 47.6 Å². The molecule has 3 N–H and O–H groups in total. The van der Waals surface area contributed by atoms with Crippen molar-refractivity contribution in [2.24, 2.45) is 10.8 Å². The SMILES string of the molecule is N#Cc1cc([N+](=O)[O-])ccc1Oc1ccc(/C=N/NC(N)=O)cc1. The molecule has 0 heterocycles. The fourth-order valence-corrected chi connectivity index (χ4v) is 1.73. The van der Waals surface area contributed by atoms with Crippen LogP contribution in [0, 0.1) is 21.4 Å². The quantitative estimate of drug-likeness (QED) is 0.492. The number of nitro benzene ring substituents is 1. The Morgan fingerprint density at radius 3 is 2.62 bits per heavy atom. The lowest BCUT2D eigenvalue weighted by Crippen LogP contribution is -2.24. The van der Waals surface area contributed by atoms with Gasteiger partial charge in [-0.1, -0.05) is 0 Å². The Balaban J connectivity index is 2.14. The van der Waals surface area contributed by atoms with E-state index in [4.69, 9.17) is 15.7 Å². The Hall–Kier alpha value is -3.93. The fourth-order valence-electron chi connectivity index (χ4n) is 1.73. The summed E-state index contributed by atoms with van der Waals surface area (Å²) >= 11 is 0. The van der Waals surface area contributed by atoms with Gasteiger partial charge in [0.15, 0.2) is 0 Å². The van der Waals surface area contributed by atoms with E-state index in [1.54, 1.807) is 24.3 Å². The standard InChI is InChI=1S/C15H11N5O4/c16-8-11-7-12(20(22)23)3-6-14(11)24-13-4-1-10(2-5-13)9-18-19-15(17)21/h1-7,9H,(H3,17,19,21)/b18-9+. The van der Waals surface area contributed by atoms with Gasteiger partial charge in [0.1, 0.15) is 23.1 Å². The number of nitro groups is 1. The van der Waals surface area contributed by atoms with E-state index in [-0.39, 0.29) is 17.0 Å². The number of nitrogens with one attached hydrogen (secondary N) is 1. The highest BCUT2D eigenvalue weighted by Gasteiger charge is 2.12. The van der Waals surface area contributed by atoms with Crippen LogP contribution in [0.5, 0.6) is 11.5 Å². The maximum atomic E-state index is 10.7. The van der Waals surface area contributed by atoms with E-state index in [9.17, 15) is 14.9 Å². The highest BCUT2D eigenvalue weighted by Crippen LogP contribution is 2.28. The summed E-state index contributed by atoms with van der Waals surface area (Å²) in [5.41, 5.74) is 7.48. The normalized spacial score (nSPS) is 10.1. The molecule has 0 saturated carbocycles. The number of nitrogens with zero attached hydrogens (tertiary/aromatic N) is 3. The summed E-state index contributed by atoms with van der Waals surface area (Å²) in [6.07, 6.45) is 1.39. The second-order valence-corrected chi connectivity index (χ2v) is 4.45. The molecule has 0 bridgehead atoms. The van der Waals surface area contributed by atoms with Crippen LogP contribution in [0.1, 0.15) is 11.1 Å². The molecule has 0 aromatic heterocycles. The molecule has 2 aromatic carbocycles. The molecule has 9 heteroatoms. The van der Waals surface area contributed by atoms with Crippen molar-refractivity contribution in [3.05, 3.63) is 63.7 Å². The number of carbonyl (C=O) groups excluding carboxylic acids is 1. The molecule has 0 spiro atoms. The Morgan fingerprint density at radius 1 is 1.33 bits per heavy atom. The Bertz CT molecular complexity index is 840. The Morgan fingerprint density at radius 2 is 2.04 bits per heavy atom. The average molecular weight is 325 g/mol. The third kappa shape index (κ3) is 4.28. The highest BCUT2D eigenvalue weighted by atomic mass is 16.6. The van der Waals surface area contributed by atoms with Gasteiger partial charge in [0, 0.05) is 12.1 Å². The minimum absolute atomic E-state index is 0.0560. The first-order valence-electron chi connectivity index (χ1n) is 6.54. The van der Waals surface area contributed by atoms with Crippen molar-refractivity contribution in [2.45, 2.75) is 0 Å². The molecule has 0 atom stereocenters. The predicted octanol–water partition coefficient (Wildman–Crippen LogP) is 2.26. The molecule has 0 fully saturated rings. The molecule has 2 rings (SSSR count). The van der Waals surface area contributed by atoms with E-state index in [1.165, 1.54) is 18.3 Å². The zero-order valence-electron chi connectivity index (χ0n) is 12.2. The summed E-state index contributed by atoms with van der Waals surface area (Å²) in [5.74, 6) is 0.639. The topological polar surface area (TPSA) is 144 Å². The van der Waals surface area contributed by atoms with Crippen molar-refractivity contribution in [1.82, 2.24) is 5.43 Å². The molecular formula is C15H11N5O4. The number of benzene rings is 2. The van der Waals surface area contributed by atoms with Gasteiger partial charge in [-0.3, -0.25) is 10.1 Å². The summed E-state index contributed by atoms with van der Waals surface area (Å²) in [7, 11) is 0. The van der Waals surface area contributed by atoms with E-state index in [0.29, 0.717) is 11.3 Å². The molecule has 0 aliphatic rings. The number of rotatable bonds is 5. The number of carbonyl (C=O) groups is 1. The number of primary amides is 1. The van der Waals surface area contributed by atoms with Gasteiger partial charge in [0.25, 0.3) is 5.69 Å². The van der Waals surface area contributed by atoms with Gasteiger partial charge in [-0.2, -0.15) is 10.4 Å². The van der Waals surface area contributed by atoms with Gasteiger partial charge in [-0.25, -0.2) is 10.2 Å². The number of ether oxygens (including phenoxy) is 1. The zero-order chi connectivity index (χ0) is 17.5. The van der Waals surface area contributed by atoms with E-state index in [1.807, 2.05) is 6.07 Å². The number of hydrogen-bond acceptors (Lipinski definition) is 6. The van der Waals surface area contributed by atoms with Gasteiger partial charge < -0.3 is 10.5 Å². The molecule has 0 aliphatic carbocycles. The molecule has 120 valence electrons. The summed E-state index contributed by atoms with van der Waals surface area (Å²) < 4.78 is 5.55. The molecule has 0 saturated heterocycles. The fraction of sp³-hybridized carbons (Fsp3) is 0. The van der Waals surface area contributed by atoms with Crippen LogP contribution in [0.4, 0.5) is 10.5 Å². The van der Waals surface area contributed by atoms with Crippen LogP contribution < -0.4 is 15.9 Å². The van der Waals surface area contributed by atoms with Crippen molar-refractivity contribution in [3.63, 3.8) is 0 Å². The molecule has 0 radical (unpaired) electrons. The van der Waals surface area contributed by atoms with E-state index in [2.05, 4.69) is 10.5 Å². The van der Waals surface area contributed by atoms with Crippen molar-refractivity contribution in [3.8, 4) is 17.6 Å². The zero-order valence-corrected chi connectivity index (χ0v) is 12.2. The van der Waals surface area contributed by atoms with Gasteiger partial charge in [0.05, 0.1) is 11.1 Å². The smallest absolute Gasteiger partial charge is 0.332 e. The second-order valence-electron chi connectivity index (χ2n) is 4.45. The number of non-ortho nitro benzene ring substituents is 1. The van der Waals surface area contributed by atoms with E-state index < -0.39 is 11.0 Å². The maximum absolute atomic E-state index is 10.7. The van der Waals surface area contributed by atoms with E-state index >= 15 is 0 Å². The first-order chi connectivity index (χ1) is 11.5. The van der Waals surface area contributed by atoms with Crippen molar-refractivity contribution >= 4 is 17.9 Å². The number of hydrogen-bond donors (Lipinski definition) is 2. The lowest BCUT2D eigenvalue weighted by molar-refractivity contribution is -0.384. The van der Waals surface area contributed by atoms with Crippen molar-refractivity contribution < 1.29 is 14.5 Å². The van der Waals surface area contributed by atoms with E-state index in [0.717, 1.165) is 6.07 Å². The molecule has 0 unspecified atom stereocenters. The number of amides is 2. The Kier molecular flexibility index (Phi) is 5.05. The third-order valence-electron chi connectivity index (χ3n) is 2.79. The van der Waals surface area contributed by atoms with Crippen LogP contribution in [0.2, 0.25) is 0 Å². The van der Waals surface area contributed by atoms with Gasteiger partial charge in [-0.05, 0) is 35.9 Å². The van der Waals surface area contributed by atoms with Gasteiger partial charge >= 0.3 is 6.03 Å². The minimum atomic E-state index is -0.770. The monoisotopic (exact) mass is 325 g/mol. The summed E-state index contributed by atoms with van der Waals surface area (Å²) in [6, 6.07) is 11.4. The van der Waals surface area contributed by atoms with Crippen LogP contribution in [0.25, 0.3) is 0 Å². The molecule has 2 amide bonds. The first kappa shape index (κ1) is 16.4. The third-order valence-corrected chi connectivity index (χ3v) is 2.79. The number of nitriles is 1. The number of urea groups is 1. The first-order valence-corrected chi connectivity index (χ1v) is 6.54. The summed E-state index contributed by atoms with van der Waals surface area (Å²) in [6.45, 7) is 0. The maximum Gasteiger partial charge on any atom is 0.332 e. The molecule has 24 heavy (non-hydrogen) atoms. The molecule has 2 aromatic rings. The Labute approximate surface area is 136 Å². The van der Waals surface area contributed by atoms with Crippen LogP contribution in [0.3, 0.4) is 0 Å². The molecular weight excluding hydrogens is 314 g/mol. The highest BCUT2D eigenvalue weighted by molar-refractivity contribution is 5.81. The number of hydrazone groups is 1. The van der Waals surface area contributed by atoms with Crippen molar-refractivity contribution in [2.75, 3.05) is 0 Å². The van der Waals surface area contributed by atoms with Crippen LogP contribution in [-0.2, 0) is 0 Å². The second kappa shape index (κ2) is 7.37. The van der Waals surface area contributed by atoms with Crippen LogP contribution >= 0.6 is 0 Å². The predicted molar refractivity (Wildman–Crippen MR) is 84.6 cm³/mol. The summed E-state index contributed by atoms with van der Waals surface area (Å²) in [5, 5.41) is 23.4. The van der Waals surface area contributed by atoms with Gasteiger partial charge in [-0.15, -0.1) is 0 Å². The summed E-state index contributed by atoms with van der Waals surface area (Å²) in [4.78, 5) is 20.6. The lowest BCUT2D eigenvalue weighted by atomic mass is 10.2. The number of nitrogens with two attached hydrogens (primary N) is 1. The largest absolute Gasteiger partial charge is 0.456 e. The van der Waals surface area contributed by atoms with Crippen LogP contribution in [-0.4, -0.2) is 17.2 Å². The lowest BCUT2D eigenvalue weighted by Gasteiger charge is -2.07. The minimum Gasteiger partial charge on any atom is -0.456 e. The average Bonchev–Trinajstić information content (AvgIpc) is 2.56. The van der Waals surface area contributed by atoms with Crippen molar-refractivity contribution in [1.29, 1.82) is 5.26 Å². The molecule has 0 aliphatic heterocycles.